The van der Waals surface area contributed by atoms with Crippen LogP contribution >= 0.6 is 0 Å². The zero-order chi connectivity index (χ0) is 30.6. The van der Waals surface area contributed by atoms with Gasteiger partial charge in [0.1, 0.15) is 11.3 Å². The van der Waals surface area contributed by atoms with Crippen LogP contribution in [0.15, 0.2) is 54.6 Å². The summed E-state index contributed by atoms with van der Waals surface area (Å²) in [4.78, 5) is 32.8. The lowest BCUT2D eigenvalue weighted by Crippen LogP contribution is -2.41. The Labute approximate surface area is 261 Å². The largest absolute Gasteiger partial charge is 0.494 e. The fourth-order valence-corrected chi connectivity index (χ4v) is 8.04. The summed E-state index contributed by atoms with van der Waals surface area (Å²) in [6, 6.07) is 19.0. The lowest BCUT2D eigenvalue weighted by Gasteiger charge is -2.27. The quantitative estimate of drug-likeness (QED) is 0.274. The van der Waals surface area contributed by atoms with Crippen molar-refractivity contribution in [2.75, 3.05) is 19.0 Å². The summed E-state index contributed by atoms with van der Waals surface area (Å²) in [6.07, 6.45) is 4.97. The molecule has 2 saturated carbocycles. The van der Waals surface area contributed by atoms with E-state index in [0.717, 1.165) is 81.8 Å². The molecule has 2 aliphatic carbocycles. The molecule has 9 nitrogen and oxygen atoms in total. The van der Waals surface area contributed by atoms with Crippen LogP contribution < -0.4 is 15.8 Å². The molecule has 4 aliphatic rings. The van der Waals surface area contributed by atoms with Crippen LogP contribution in [0.4, 0.5) is 5.69 Å². The van der Waals surface area contributed by atoms with Crippen molar-refractivity contribution < 1.29 is 14.3 Å². The van der Waals surface area contributed by atoms with E-state index in [4.69, 9.17) is 15.5 Å². The van der Waals surface area contributed by atoms with E-state index in [0.29, 0.717) is 29.6 Å². The summed E-state index contributed by atoms with van der Waals surface area (Å²) in [5.74, 6) is 2.57. The van der Waals surface area contributed by atoms with Crippen molar-refractivity contribution in [2.24, 2.45) is 24.6 Å². The molecule has 0 radical (unpaired) electrons. The Kier molecular flexibility index (Phi) is 5.75. The first-order valence-corrected chi connectivity index (χ1v) is 16.0. The number of hydrogen-bond acceptors (Lipinski definition) is 5. The molecule has 2 amide bonds. The van der Waals surface area contributed by atoms with Crippen LogP contribution in [0.3, 0.4) is 0 Å². The summed E-state index contributed by atoms with van der Waals surface area (Å²) < 4.78 is 10.4. The smallest absolute Gasteiger partial charge is 0.254 e. The number of ether oxygens (including phenoxy) is 1. The number of nitrogens with zero attached hydrogens (tertiary/aromatic N) is 4. The zero-order valence-electron chi connectivity index (χ0n) is 25.5. The standard InChI is InChI=1S/C36H36N6O3/c1-40-34-27(12-25(15-31(34)45-2)36(44)42-18-24-9-10-28(42)33(24)37)39-35(40)30-14-23-8-6-21(13-29(23)41(30)17-19-3-4-19)20-5-7-22-16-32(43)38-26(22)11-20/h5-8,11-15,19,24,28,33H,3-4,9-10,16-18,37H2,1-2H3,(H,38,43)/t24-,28-,33-/m1/s1. The van der Waals surface area contributed by atoms with Crippen molar-refractivity contribution in [3.63, 3.8) is 0 Å². The molecule has 3 atom stereocenters. The number of fused-ring (bicyclic) bond motifs is 5. The van der Waals surface area contributed by atoms with Gasteiger partial charge in [0.15, 0.2) is 5.82 Å². The molecular weight excluding hydrogens is 564 g/mol. The molecule has 2 aliphatic heterocycles. The highest BCUT2D eigenvalue weighted by molar-refractivity contribution is 6.01. The second kappa shape index (κ2) is 9.68. The highest BCUT2D eigenvalue weighted by Crippen LogP contribution is 2.41. The first-order chi connectivity index (χ1) is 21.9. The van der Waals surface area contributed by atoms with Crippen molar-refractivity contribution >= 4 is 39.4 Å². The van der Waals surface area contributed by atoms with Gasteiger partial charge in [-0.25, -0.2) is 4.98 Å². The van der Waals surface area contributed by atoms with E-state index < -0.39 is 0 Å². The summed E-state index contributed by atoms with van der Waals surface area (Å²) in [5.41, 5.74) is 15.0. The number of piperidine rings is 1. The second-order valence-electron chi connectivity index (χ2n) is 13.4. The van der Waals surface area contributed by atoms with Crippen molar-refractivity contribution in [3.05, 3.63) is 65.7 Å². The first-order valence-electron chi connectivity index (χ1n) is 16.0. The van der Waals surface area contributed by atoms with Gasteiger partial charge in [-0.2, -0.15) is 0 Å². The molecule has 45 heavy (non-hydrogen) atoms. The third-order valence-electron chi connectivity index (χ3n) is 10.7. The minimum atomic E-state index is 0.00607. The van der Waals surface area contributed by atoms with E-state index >= 15 is 0 Å². The van der Waals surface area contributed by atoms with E-state index in [2.05, 4.69) is 56.9 Å². The number of methoxy groups -OCH3 is 1. The van der Waals surface area contributed by atoms with Gasteiger partial charge in [0.25, 0.3) is 5.91 Å². The number of aryl methyl sites for hydroxylation is 1. The Morgan fingerprint density at radius 1 is 1.04 bits per heavy atom. The number of rotatable bonds is 6. The number of benzene rings is 3. The molecule has 0 spiro atoms. The Morgan fingerprint density at radius 3 is 2.62 bits per heavy atom. The maximum atomic E-state index is 13.7. The van der Waals surface area contributed by atoms with Crippen molar-refractivity contribution in [1.82, 2.24) is 19.0 Å². The number of carbonyl (C=O) groups is 2. The van der Waals surface area contributed by atoms with Gasteiger partial charge in [-0.05, 0) is 84.5 Å². The molecule has 5 aromatic rings. The maximum absolute atomic E-state index is 13.7. The zero-order valence-corrected chi connectivity index (χ0v) is 25.5. The predicted octanol–water partition coefficient (Wildman–Crippen LogP) is 5.34. The minimum Gasteiger partial charge on any atom is -0.494 e. The van der Waals surface area contributed by atoms with Gasteiger partial charge in [0, 0.05) is 54.4 Å². The topological polar surface area (TPSA) is 107 Å². The third kappa shape index (κ3) is 4.13. The van der Waals surface area contributed by atoms with Crippen LogP contribution in [-0.2, 0) is 24.8 Å². The van der Waals surface area contributed by atoms with E-state index in [1.54, 1.807) is 7.11 Å². The number of aromatic nitrogens is 3. The van der Waals surface area contributed by atoms with Crippen LogP contribution in [0.5, 0.6) is 5.75 Å². The summed E-state index contributed by atoms with van der Waals surface area (Å²) in [5, 5.41) is 4.14. The monoisotopic (exact) mass is 600 g/mol. The normalized spacial score (nSPS) is 22.1. The van der Waals surface area contributed by atoms with Crippen molar-refractivity contribution in [2.45, 2.75) is 50.7 Å². The van der Waals surface area contributed by atoms with Crippen LogP contribution in [0.25, 0.3) is 44.6 Å². The number of carbonyl (C=O) groups excluding carboxylic acids is 2. The van der Waals surface area contributed by atoms with Crippen LogP contribution in [0, 0.1) is 11.8 Å². The highest BCUT2D eigenvalue weighted by Gasteiger charge is 2.47. The molecule has 3 aromatic carbocycles. The molecule has 2 aromatic heterocycles. The van der Waals surface area contributed by atoms with Crippen LogP contribution in [-0.4, -0.2) is 56.6 Å². The highest BCUT2D eigenvalue weighted by atomic mass is 16.5. The van der Waals surface area contributed by atoms with Gasteiger partial charge in [-0.1, -0.05) is 24.3 Å². The maximum Gasteiger partial charge on any atom is 0.254 e. The average Bonchev–Trinajstić information content (AvgIpc) is 3.26. The van der Waals surface area contributed by atoms with Gasteiger partial charge in [0.2, 0.25) is 5.91 Å². The lowest BCUT2D eigenvalue weighted by atomic mass is 10.0. The number of likely N-dealkylation sites (tertiary alicyclic amines) is 1. The molecule has 2 bridgehead atoms. The second-order valence-corrected chi connectivity index (χ2v) is 13.4. The Balaban J connectivity index is 1.14. The van der Waals surface area contributed by atoms with Gasteiger partial charge in [-0.3, -0.25) is 9.59 Å². The Hall–Kier alpha value is -4.63. The number of nitrogens with one attached hydrogen (secondary N) is 1. The molecule has 1 saturated heterocycles. The van der Waals surface area contributed by atoms with Crippen molar-refractivity contribution in [1.29, 1.82) is 0 Å². The minimum absolute atomic E-state index is 0.00607. The lowest BCUT2D eigenvalue weighted by molar-refractivity contribution is -0.115. The summed E-state index contributed by atoms with van der Waals surface area (Å²) >= 11 is 0. The summed E-state index contributed by atoms with van der Waals surface area (Å²) in [7, 11) is 3.68. The molecule has 3 N–H and O–H groups in total. The molecule has 228 valence electrons. The van der Waals surface area contributed by atoms with Gasteiger partial charge < -0.3 is 29.8 Å². The van der Waals surface area contributed by atoms with E-state index in [1.165, 1.54) is 12.8 Å². The van der Waals surface area contributed by atoms with E-state index in [9.17, 15) is 9.59 Å². The van der Waals surface area contributed by atoms with E-state index in [1.807, 2.05) is 24.1 Å². The Bertz CT molecular complexity index is 2070. The van der Waals surface area contributed by atoms with Crippen LogP contribution in [0.1, 0.15) is 41.6 Å². The molecule has 0 unspecified atom stereocenters. The molecule has 9 rings (SSSR count). The molecule has 3 fully saturated rings. The summed E-state index contributed by atoms with van der Waals surface area (Å²) in [6.45, 7) is 1.65. The number of amides is 2. The Morgan fingerprint density at radius 2 is 1.87 bits per heavy atom. The predicted molar refractivity (Wildman–Crippen MR) is 174 cm³/mol. The molecule has 4 heterocycles. The third-order valence-corrected chi connectivity index (χ3v) is 10.7. The van der Waals surface area contributed by atoms with Crippen LogP contribution in [0.2, 0.25) is 0 Å². The molecule has 9 heteroatoms. The number of nitrogens with two attached hydrogens (primary N) is 1. The average molecular weight is 601 g/mol. The van der Waals surface area contributed by atoms with Gasteiger partial charge in [0.05, 0.1) is 24.7 Å². The van der Waals surface area contributed by atoms with E-state index in [-0.39, 0.29) is 23.9 Å². The first kappa shape index (κ1) is 26.7. The van der Waals surface area contributed by atoms with Crippen molar-refractivity contribution in [3.8, 4) is 28.4 Å². The number of hydrogen-bond donors (Lipinski definition) is 2. The fraction of sp³-hybridized carbons (Fsp3) is 0.361. The molecular formula is C36H36N6O3. The van der Waals surface area contributed by atoms with Gasteiger partial charge in [-0.15, -0.1) is 0 Å². The number of anilines is 1. The fourth-order valence-electron chi connectivity index (χ4n) is 8.04. The van der Waals surface area contributed by atoms with Gasteiger partial charge >= 0.3 is 0 Å². The SMILES string of the molecule is COc1cc(C(=O)N2C[C@H]3CC[C@@H]2[C@@H]3N)cc2nc(-c3cc4ccc(-c5ccc6c(c5)NC(=O)C6)cc4n3CC3CC3)n(C)c12. The number of imidazole rings is 1.